The van der Waals surface area contributed by atoms with Gasteiger partial charge in [-0.25, -0.2) is 4.79 Å². The molecule has 0 rings (SSSR count). The lowest BCUT2D eigenvalue weighted by molar-refractivity contribution is 0.105. The maximum absolute atomic E-state index is 11.2. The van der Waals surface area contributed by atoms with Crippen LogP contribution >= 0.6 is 0 Å². The molecule has 13 heavy (non-hydrogen) atoms. The van der Waals surface area contributed by atoms with E-state index in [1.807, 2.05) is 27.7 Å². The van der Waals surface area contributed by atoms with E-state index in [9.17, 15) is 4.79 Å². The summed E-state index contributed by atoms with van der Waals surface area (Å²) < 4.78 is 0. The Balaban J connectivity index is 4.01. The van der Waals surface area contributed by atoms with Crippen LogP contribution < -0.4 is 0 Å². The molecule has 4 nitrogen and oxygen atoms in total. The zero-order valence-electron chi connectivity index (χ0n) is 9.00. The Morgan fingerprint density at radius 1 is 1.54 bits per heavy atom. The summed E-state index contributed by atoms with van der Waals surface area (Å²) in [6.45, 7) is 7.61. The summed E-state index contributed by atoms with van der Waals surface area (Å²) in [4.78, 5) is 17.4. The van der Waals surface area contributed by atoms with Crippen molar-refractivity contribution in [2.24, 2.45) is 5.16 Å². The summed E-state index contributed by atoms with van der Waals surface area (Å²) in [5.74, 6) is 0. The third kappa shape index (κ3) is 4.50. The van der Waals surface area contributed by atoms with Gasteiger partial charge >= 0.3 is 6.09 Å². The van der Waals surface area contributed by atoms with Gasteiger partial charge in [0, 0.05) is 13.1 Å². The van der Waals surface area contributed by atoms with Crippen LogP contribution in [-0.2, 0) is 4.84 Å². The van der Waals surface area contributed by atoms with E-state index in [0.29, 0.717) is 0 Å². The van der Waals surface area contributed by atoms with Crippen LogP contribution in [0.4, 0.5) is 4.79 Å². The third-order valence-corrected chi connectivity index (χ3v) is 1.85. The molecule has 4 heteroatoms. The first kappa shape index (κ1) is 11.9. The predicted octanol–water partition coefficient (Wildman–Crippen LogP) is 2.25. The van der Waals surface area contributed by atoms with Crippen molar-refractivity contribution in [1.82, 2.24) is 4.90 Å². The Labute approximate surface area is 79.5 Å². The van der Waals surface area contributed by atoms with Gasteiger partial charge in [0.15, 0.2) is 0 Å². The molecule has 0 radical (unpaired) electrons. The van der Waals surface area contributed by atoms with Crippen molar-refractivity contribution in [2.75, 3.05) is 7.05 Å². The van der Waals surface area contributed by atoms with Crippen molar-refractivity contribution in [1.29, 1.82) is 0 Å². The first-order chi connectivity index (χ1) is 5.99. The highest BCUT2D eigenvalue weighted by atomic mass is 16.7. The van der Waals surface area contributed by atoms with E-state index in [1.165, 1.54) is 4.90 Å². The Morgan fingerprint density at radius 3 is 2.46 bits per heavy atom. The minimum Gasteiger partial charge on any atom is -0.307 e. The maximum atomic E-state index is 11.2. The van der Waals surface area contributed by atoms with Gasteiger partial charge in [-0.05, 0) is 27.2 Å². The highest BCUT2D eigenvalue weighted by Crippen LogP contribution is 1.98. The SMILES string of the molecule is CC/C(C)=N/OC(=O)N(C)C(C)C. The predicted molar refractivity (Wildman–Crippen MR) is 52.8 cm³/mol. The molecule has 0 aliphatic carbocycles. The molecule has 0 saturated heterocycles. The molecular weight excluding hydrogens is 168 g/mol. The second kappa shape index (κ2) is 5.56. The zero-order valence-corrected chi connectivity index (χ0v) is 9.00. The van der Waals surface area contributed by atoms with Crippen LogP contribution in [-0.4, -0.2) is 29.8 Å². The van der Waals surface area contributed by atoms with Gasteiger partial charge in [-0.1, -0.05) is 12.1 Å². The molecule has 0 aromatic carbocycles. The lowest BCUT2D eigenvalue weighted by Crippen LogP contribution is -2.32. The van der Waals surface area contributed by atoms with Gasteiger partial charge in [0.2, 0.25) is 0 Å². The fourth-order valence-electron chi connectivity index (χ4n) is 0.457. The molecule has 0 N–H and O–H groups in total. The van der Waals surface area contributed by atoms with Gasteiger partial charge in [0.25, 0.3) is 0 Å². The van der Waals surface area contributed by atoms with Crippen molar-refractivity contribution in [3.05, 3.63) is 0 Å². The van der Waals surface area contributed by atoms with Crippen LogP contribution in [0.5, 0.6) is 0 Å². The number of hydrogen-bond donors (Lipinski definition) is 0. The van der Waals surface area contributed by atoms with Gasteiger partial charge in [-0.2, -0.15) is 0 Å². The van der Waals surface area contributed by atoms with E-state index >= 15 is 0 Å². The number of hydrogen-bond acceptors (Lipinski definition) is 3. The highest BCUT2D eigenvalue weighted by Gasteiger charge is 2.12. The molecule has 0 heterocycles. The molecular formula is C9H18N2O2. The van der Waals surface area contributed by atoms with Crippen molar-refractivity contribution in [3.8, 4) is 0 Å². The standard InChI is InChI=1S/C9H18N2O2/c1-6-8(4)10-13-9(12)11(5)7(2)3/h7H,6H2,1-5H3/b10-8+. The molecule has 0 aliphatic heterocycles. The molecule has 0 aromatic heterocycles. The lowest BCUT2D eigenvalue weighted by Gasteiger charge is -2.18. The fraction of sp³-hybridized carbons (Fsp3) is 0.778. The highest BCUT2D eigenvalue weighted by molar-refractivity contribution is 5.81. The van der Waals surface area contributed by atoms with E-state index in [2.05, 4.69) is 5.16 Å². The Kier molecular flexibility index (Phi) is 5.11. The molecule has 0 fully saturated rings. The molecule has 1 amide bonds. The van der Waals surface area contributed by atoms with Crippen molar-refractivity contribution >= 4 is 11.8 Å². The smallest absolute Gasteiger partial charge is 0.307 e. The molecule has 0 saturated carbocycles. The summed E-state index contributed by atoms with van der Waals surface area (Å²) in [7, 11) is 1.68. The van der Waals surface area contributed by atoms with Gasteiger partial charge in [-0.15, -0.1) is 0 Å². The lowest BCUT2D eigenvalue weighted by atomic mass is 10.3. The Hall–Kier alpha value is -1.06. The van der Waals surface area contributed by atoms with Crippen LogP contribution in [0.2, 0.25) is 0 Å². The average molecular weight is 186 g/mol. The summed E-state index contributed by atoms with van der Waals surface area (Å²) >= 11 is 0. The normalized spacial score (nSPS) is 11.7. The number of oxime groups is 1. The summed E-state index contributed by atoms with van der Waals surface area (Å²) in [5, 5.41) is 3.67. The van der Waals surface area contributed by atoms with E-state index < -0.39 is 6.09 Å². The largest absolute Gasteiger partial charge is 0.435 e. The molecule has 0 atom stereocenters. The minimum atomic E-state index is -0.414. The van der Waals surface area contributed by atoms with Crippen molar-refractivity contribution in [3.63, 3.8) is 0 Å². The number of carbonyl (C=O) groups excluding carboxylic acids is 1. The van der Waals surface area contributed by atoms with Crippen LogP contribution in [0.25, 0.3) is 0 Å². The molecule has 0 unspecified atom stereocenters. The number of rotatable bonds is 3. The Bertz CT molecular complexity index is 200. The van der Waals surface area contributed by atoms with E-state index in [0.717, 1.165) is 12.1 Å². The number of carbonyl (C=O) groups is 1. The van der Waals surface area contributed by atoms with Crippen molar-refractivity contribution in [2.45, 2.75) is 40.2 Å². The summed E-state index contributed by atoms with van der Waals surface area (Å²) in [6.07, 6.45) is 0.376. The van der Waals surface area contributed by atoms with E-state index in [4.69, 9.17) is 4.84 Å². The first-order valence-electron chi connectivity index (χ1n) is 4.46. The summed E-state index contributed by atoms with van der Waals surface area (Å²) in [5.41, 5.74) is 0.811. The minimum absolute atomic E-state index is 0.129. The average Bonchev–Trinajstić information content (AvgIpc) is 2.11. The van der Waals surface area contributed by atoms with Crippen LogP contribution in [0.1, 0.15) is 34.1 Å². The van der Waals surface area contributed by atoms with Gasteiger partial charge < -0.3 is 4.90 Å². The van der Waals surface area contributed by atoms with Gasteiger partial charge in [0.1, 0.15) is 0 Å². The van der Waals surface area contributed by atoms with E-state index in [-0.39, 0.29) is 6.04 Å². The topological polar surface area (TPSA) is 41.9 Å². The monoisotopic (exact) mass is 186 g/mol. The molecule has 0 aromatic rings. The fourth-order valence-corrected chi connectivity index (χ4v) is 0.457. The second-order valence-electron chi connectivity index (χ2n) is 3.24. The zero-order chi connectivity index (χ0) is 10.4. The molecule has 76 valence electrons. The number of amides is 1. The first-order valence-corrected chi connectivity index (χ1v) is 4.46. The number of nitrogens with zero attached hydrogens (tertiary/aromatic N) is 2. The van der Waals surface area contributed by atoms with Gasteiger partial charge in [0.05, 0.1) is 5.71 Å². The quantitative estimate of drug-likeness (QED) is 0.385. The van der Waals surface area contributed by atoms with Crippen molar-refractivity contribution < 1.29 is 9.63 Å². The molecule has 0 bridgehead atoms. The summed E-state index contributed by atoms with van der Waals surface area (Å²) in [6, 6.07) is 0.129. The second-order valence-corrected chi connectivity index (χ2v) is 3.24. The third-order valence-electron chi connectivity index (χ3n) is 1.85. The Morgan fingerprint density at radius 2 is 2.08 bits per heavy atom. The molecule has 0 aliphatic rings. The molecule has 0 spiro atoms. The van der Waals surface area contributed by atoms with Gasteiger partial charge in [-0.3, -0.25) is 4.84 Å². The maximum Gasteiger partial charge on any atom is 0.435 e. The van der Waals surface area contributed by atoms with Crippen LogP contribution in [0.3, 0.4) is 0 Å². The van der Waals surface area contributed by atoms with Crippen LogP contribution in [0.15, 0.2) is 5.16 Å². The van der Waals surface area contributed by atoms with E-state index in [1.54, 1.807) is 7.05 Å². The van der Waals surface area contributed by atoms with Crippen LogP contribution in [0, 0.1) is 0 Å².